The van der Waals surface area contributed by atoms with E-state index in [1.165, 1.54) is 13.2 Å². The first-order valence-corrected chi connectivity index (χ1v) is 9.08. The number of hydrogen-bond donors (Lipinski definition) is 2. The maximum Gasteiger partial charge on any atom is 0.387 e. The van der Waals surface area contributed by atoms with E-state index in [9.17, 15) is 8.78 Å². The number of halogens is 3. The number of aromatic nitrogens is 2. The molecule has 3 aromatic rings. The van der Waals surface area contributed by atoms with E-state index in [2.05, 4.69) is 25.3 Å². The fourth-order valence-corrected chi connectivity index (χ4v) is 2.85. The third kappa shape index (κ3) is 6.44. The highest BCUT2D eigenvalue weighted by molar-refractivity contribution is 14.0. The number of nitrogens with one attached hydrogen (secondary N) is 2. The molecule has 162 valence electrons. The largest absolute Gasteiger partial charge is 0.497 e. The van der Waals surface area contributed by atoms with Crippen LogP contribution in [0.3, 0.4) is 0 Å². The lowest BCUT2D eigenvalue weighted by Gasteiger charge is -2.15. The molecule has 0 bridgehead atoms. The van der Waals surface area contributed by atoms with E-state index < -0.39 is 6.61 Å². The van der Waals surface area contributed by atoms with E-state index >= 15 is 0 Å². The molecule has 2 aromatic heterocycles. The summed E-state index contributed by atoms with van der Waals surface area (Å²) in [4.78, 5) is 8.71. The van der Waals surface area contributed by atoms with Gasteiger partial charge >= 0.3 is 6.61 Å². The van der Waals surface area contributed by atoms with Crippen LogP contribution < -0.4 is 20.1 Å². The molecular weight excluding hydrogens is 507 g/mol. The molecule has 0 atom stereocenters. The number of aliphatic imine (C=N–C) groups is 1. The summed E-state index contributed by atoms with van der Waals surface area (Å²) in [5.41, 5.74) is 2.39. The van der Waals surface area contributed by atoms with Gasteiger partial charge in [-0.15, -0.1) is 24.0 Å². The van der Waals surface area contributed by atoms with Crippen LogP contribution in [0.1, 0.15) is 11.3 Å². The molecule has 0 fully saturated rings. The molecule has 0 saturated heterocycles. The molecule has 3 rings (SSSR count). The van der Waals surface area contributed by atoms with Crippen LogP contribution in [0.15, 0.2) is 53.8 Å². The van der Waals surface area contributed by atoms with Gasteiger partial charge in [0.15, 0.2) is 5.96 Å². The van der Waals surface area contributed by atoms with E-state index in [4.69, 9.17) is 4.74 Å². The summed E-state index contributed by atoms with van der Waals surface area (Å²) < 4.78 is 37.0. The molecule has 2 N–H and O–H groups in total. The fourth-order valence-electron chi connectivity index (χ4n) is 2.85. The SMILES string of the molecule is CN=C(NCCc1cn2ccccc2n1)NCc1cc(OC)ccc1OC(F)F.I. The molecule has 1 aromatic carbocycles. The Balaban J connectivity index is 0.00000320. The first-order chi connectivity index (χ1) is 14.1. The van der Waals surface area contributed by atoms with E-state index in [0.717, 1.165) is 11.3 Å². The number of nitrogens with zero attached hydrogens (tertiary/aromatic N) is 3. The molecule has 10 heteroatoms. The summed E-state index contributed by atoms with van der Waals surface area (Å²) in [5.74, 6) is 1.19. The van der Waals surface area contributed by atoms with Crippen LogP contribution in [-0.2, 0) is 13.0 Å². The fraction of sp³-hybridized carbons (Fsp3) is 0.300. The number of fused-ring (bicyclic) bond motifs is 1. The van der Waals surface area contributed by atoms with E-state index in [1.807, 2.05) is 35.0 Å². The van der Waals surface area contributed by atoms with Crippen LogP contribution in [0.5, 0.6) is 11.5 Å². The molecule has 0 aliphatic heterocycles. The Kier molecular flexibility index (Phi) is 9.09. The Bertz CT molecular complexity index is 948. The molecule has 0 aliphatic rings. The van der Waals surface area contributed by atoms with Crippen LogP contribution >= 0.6 is 24.0 Å². The van der Waals surface area contributed by atoms with Gasteiger partial charge in [0.1, 0.15) is 17.1 Å². The van der Waals surface area contributed by atoms with Gasteiger partial charge in [0, 0.05) is 44.5 Å². The highest BCUT2D eigenvalue weighted by Gasteiger charge is 2.11. The van der Waals surface area contributed by atoms with Gasteiger partial charge in [-0.25, -0.2) is 4.98 Å². The van der Waals surface area contributed by atoms with Gasteiger partial charge in [-0.3, -0.25) is 4.99 Å². The van der Waals surface area contributed by atoms with Crippen LogP contribution in [0, 0.1) is 0 Å². The average Bonchev–Trinajstić information content (AvgIpc) is 3.13. The lowest BCUT2D eigenvalue weighted by Crippen LogP contribution is -2.38. The molecule has 0 saturated carbocycles. The number of hydrogen-bond acceptors (Lipinski definition) is 4. The Morgan fingerprint density at radius 2 is 2.07 bits per heavy atom. The highest BCUT2D eigenvalue weighted by atomic mass is 127. The van der Waals surface area contributed by atoms with Crippen molar-refractivity contribution in [2.75, 3.05) is 20.7 Å². The number of benzene rings is 1. The lowest BCUT2D eigenvalue weighted by molar-refractivity contribution is -0.0504. The Morgan fingerprint density at radius 1 is 1.23 bits per heavy atom. The molecule has 0 radical (unpaired) electrons. The second-order valence-electron chi connectivity index (χ2n) is 6.15. The van der Waals surface area contributed by atoms with Gasteiger partial charge in [-0.1, -0.05) is 6.07 Å². The topological polar surface area (TPSA) is 72.2 Å². The van der Waals surface area contributed by atoms with Crippen molar-refractivity contribution in [1.29, 1.82) is 0 Å². The van der Waals surface area contributed by atoms with Gasteiger partial charge < -0.3 is 24.5 Å². The van der Waals surface area contributed by atoms with Crippen molar-refractivity contribution in [2.45, 2.75) is 19.6 Å². The van der Waals surface area contributed by atoms with Gasteiger partial charge in [-0.2, -0.15) is 8.78 Å². The first kappa shape index (κ1) is 23.6. The van der Waals surface area contributed by atoms with Crippen LogP contribution in [0.4, 0.5) is 8.78 Å². The number of pyridine rings is 1. The van der Waals surface area contributed by atoms with Gasteiger partial charge in [0.25, 0.3) is 0 Å². The summed E-state index contributed by atoms with van der Waals surface area (Å²) in [6.07, 6.45) is 4.64. The van der Waals surface area contributed by atoms with Gasteiger partial charge in [0.2, 0.25) is 0 Å². The van der Waals surface area contributed by atoms with Gasteiger partial charge in [0.05, 0.1) is 12.8 Å². The molecular formula is C20H24F2IN5O2. The molecule has 0 amide bonds. The standard InChI is InChI=1S/C20H23F2N5O2.HI/c1-23-20(24-9-8-15-13-27-10-4-3-5-18(27)26-15)25-12-14-11-16(28-2)6-7-17(14)29-19(21)22;/h3-7,10-11,13,19H,8-9,12H2,1-2H3,(H2,23,24,25);1H. The second-order valence-corrected chi connectivity index (χ2v) is 6.15. The van der Waals surface area contributed by atoms with Crippen LogP contribution in [0.2, 0.25) is 0 Å². The number of rotatable bonds is 8. The lowest BCUT2D eigenvalue weighted by atomic mass is 10.2. The third-order valence-corrected chi connectivity index (χ3v) is 4.24. The highest BCUT2D eigenvalue weighted by Crippen LogP contribution is 2.25. The number of methoxy groups -OCH3 is 1. The van der Waals surface area contributed by atoms with Crippen molar-refractivity contribution in [1.82, 2.24) is 20.0 Å². The first-order valence-electron chi connectivity index (χ1n) is 9.08. The predicted molar refractivity (Wildman–Crippen MR) is 122 cm³/mol. The minimum Gasteiger partial charge on any atom is -0.497 e. The van der Waals surface area contributed by atoms with E-state index in [0.29, 0.717) is 30.2 Å². The van der Waals surface area contributed by atoms with Crippen molar-refractivity contribution in [3.05, 3.63) is 60.0 Å². The summed E-state index contributed by atoms with van der Waals surface area (Å²) in [6.45, 7) is -2.04. The Hall–Kier alpha value is -2.63. The maximum absolute atomic E-state index is 12.6. The molecule has 30 heavy (non-hydrogen) atoms. The summed E-state index contributed by atoms with van der Waals surface area (Å²) in [7, 11) is 3.16. The summed E-state index contributed by atoms with van der Waals surface area (Å²) in [5, 5.41) is 6.29. The molecule has 0 aliphatic carbocycles. The molecule has 0 unspecified atom stereocenters. The predicted octanol–water partition coefficient (Wildman–Crippen LogP) is 3.47. The summed E-state index contributed by atoms with van der Waals surface area (Å²) >= 11 is 0. The number of ether oxygens (including phenoxy) is 2. The second kappa shape index (κ2) is 11.5. The van der Waals surface area contributed by atoms with Crippen molar-refractivity contribution >= 4 is 35.6 Å². The minimum atomic E-state index is -2.90. The van der Waals surface area contributed by atoms with E-state index in [1.54, 1.807) is 19.2 Å². The normalized spacial score (nSPS) is 11.3. The van der Waals surface area contributed by atoms with Crippen molar-refractivity contribution in [3.63, 3.8) is 0 Å². The van der Waals surface area contributed by atoms with Gasteiger partial charge in [-0.05, 0) is 30.3 Å². The maximum atomic E-state index is 12.6. The number of imidazole rings is 1. The molecule has 0 spiro atoms. The summed E-state index contributed by atoms with van der Waals surface area (Å²) in [6, 6.07) is 10.5. The Morgan fingerprint density at radius 3 is 2.77 bits per heavy atom. The smallest absolute Gasteiger partial charge is 0.387 e. The van der Waals surface area contributed by atoms with Crippen molar-refractivity contribution in [2.24, 2.45) is 4.99 Å². The third-order valence-electron chi connectivity index (χ3n) is 4.24. The van der Waals surface area contributed by atoms with Crippen LogP contribution in [0.25, 0.3) is 5.65 Å². The quantitative estimate of drug-likeness (QED) is 0.265. The zero-order chi connectivity index (χ0) is 20.6. The van der Waals surface area contributed by atoms with Crippen molar-refractivity contribution < 1.29 is 18.3 Å². The minimum absolute atomic E-state index is 0. The monoisotopic (exact) mass is 531 g/mol. The number of guanidine groups is 1. The van der Waals surface area contributed by atoms with Crippen molar-refractivity contribution in [3.8, 4) is 11.5 Å². The number of alkyl halides is 2. The van der Waals surface area contributed by atoms with Crippen LogP contribution in [-0.4, -0.2) is 42.7 Å². The average molecular weight is 531 g/mol. The zero-order valence-corrected chi connectivity index (χ0v) is 19.0. The molecule has 7 nitrogen and oxygen atoms in total. The zero-order valence-electron chi connectivity index (χ0n) is 16.6. The molecule has 2 heterocycles. The van der Waals surface area contributed by atoms with E-state index in [-0.39, 0.29) is 36.3 Å². The Labute approximate surface area is 190 Å².